The molecule has 0 saturated heterocycles. The number of anilines is 1. The number of hydrogen-bond acceptors (Lipinski definition) is 3. The summed E-state index contributed by atoms with van der Waals surface area (Å²) >= 11 is 0. The molecule has 0 aliphatic rings. The van der Waals surface area contributed by atoms with Crippen molar-refractivity contribution in [3.8, 4) is 0 Å². The Morgan fingerprint density at radius 2 is 2.10 bits per heavy atom. The Kier molecular flexibility index (Phi) is 6.73. The highest BCUT2D eigenvalue weighted by molar-refractivity contribution is 5.97. The van der Waals surface area contributed by atoms with Crippen molar-refractivity contribution in [3.63, 3.8) is 0 Å². The molecule has 1 atom stereocenters. The highest BCUT2D eigenvalue weighted by Crippen LogP contribution is 2.11. The van der Waals surface area contributed by atoms with Crippen molar-refractivity contribution >= 4 is 17.5 Å². The topological polar surface area (TPSA) is 84.2 Å². The Hall–Kier alpha value is -1.88. The van der Waals surface area contributed by atoms with Crippen LogP contribution < -0.4 is 16.4 Å². The monoisotopic (exact) mass is 277 g/mol. The number of carbonyl (C=O) groups excluding carboxylic acids is 2. The smallest absolute Gasteiger partial charge is 0.251 e. The molecule has 5 nitrogen and oxygen atoms in total. The zero-order valence-corrected chi connectivity index (χ0v) is 12.1. The van der Waals surface area contributed by atoms with E-state index >= 15 is 0 Å². The molecule has 0 bridgehead atoms. The molecule has 1 unspecified atom stereocenters. The molecule has 0 aliphatic carbocycles. The van der Waals surface area contributed by atoms with E-state index in [0.717, 1.165) is 12.8 Å². The highest BCUT2D eigenvalue weighted by atomic mass is 16.2. The molecule has 0 saturated carbocycles. The second-order valence-corrected chi connectivity index (χ2v) is 4.86. The summed E-state index contributed by atoms with van der Waals surface area (Å²) in [6.07, 6.45) is 2.03. The predicted octanol–water partition coefficient (Wildman–Crippen LogP) is 1.89. The van der Waals surface area contributed by atoms with Gasteiger partial charge < -0.3 is 16.4 Å². The van der Waals surface area contributed by atoms with E-state index in [9.17, 15) is 9.59 Å². The van der Waals surface area contributed by atoms with Gasteiger partial charge in [-0.3, -0.25) is 9.59 Å². The van der Waals surface area contributed by atoms with Gasteiger partial charge in [0.2, 0.25) is 5.91 Å². The van der Waals surface area contributed by atoms with Crippen LogP contribution in [0.4, 0.5) is 5.69 Å². The van der Waals surface area contributed by atoms with E-state index in [-0.39, 0.29) is 17.9 Å². The summed E-state index contributed by atoms with van der Waals surface area (Å²) < 4.78 is 0. The predicted molar refractivity (Wildman–Crippen MR) is 80.6 cm³/mol. The van der Waals surface area contributed by atoms with E-state index in [1.54, 1.807) is 24.3 Å². The van der Waals surface area contributed by atoms with Crippen LogP contribution in [0.15, 0.2) is 24.3 Å². The number of rotatable bonds is 7. The van der Waals surface area contributed by atoms with Gasteiger partial charge in [-0.05, 0) is 44.9 Å². The molecule has 0 fully saturated rings. The largest absolute Gasteiger partial charge is 0.352 e. The third-order valence-electron chi connectivity index (χ3n) is 2.81. The Morgan fingerprint density at radius 3 is 2.75 bits per heavy atom. The molecule has 0 radical (unpaired) electrons. The molecule has 0 heterocycles. The quantitative estimate of drug-likeness (QED) is 0.711. The van der Waals surface area contributed by atoms with Crippen molar-refractivity contribution < 1.29 is 9.59 Å². The van der Waals surface area contributed by atoms with E-state index < -0.39 is 0 Å². The van der Waals surface area contributed by atoms with Crippen molar-refractivity contribution in [3.05, 3.63) is 29.8 Å². The van der Waals surface area contributed by atoms with Crippen LogP contribution in [0, 0.1) is 0 Å². The van der Waals surface area contributed by atoms with Gasteiger partial charge in [-0.1, -0.05) is 6.07 Å². The molecule has 1 aromatic carbocycles. The van der Waals surface area contributed by atoms with Gasteiger partial charge in [0.25, 0.3) is 5.91 Å². The third-order valence-corrected chi connectivity index (χ3v) is 2.81. The van der Waals surface area contributed by atoms with Crippen molar-refractivity contribution in [2.75, 3.05) is 11.9 Å². The lowest BCUT2D eigenvalue weighted by Crippen LogP contribution is -2.22. The van der Waals surface area contributed by atoms with Crippen LogP contribution in [0.5, 0.6) is 0 Å². The number of carbonyl (C=O) groups is 2. The molecule has 0 aromatic heterocycles. The van der Waals surface area contributed by atoms with Crippen molar-refractivity contribution in [1.29, 1.82) is 0 Å². The number of hydrogen-bond donors (Lipinski definition) is 3. The summed E-state index contributed by atoms with van der Waals surface area (Å²) in [6, 6.07) is 7.03. The maximum absolute atomic E-state index is 11.7. The van der Waals surface area contributed by atoms with Crippen LogP contribution in [0.25, 0.3) is 0 Å². The fraction of sp³-hybridized carbons (Fsp3) is 0.467. The SMILES string of the molecule is CCNC(=O)c1cccc(NC(=O)CCCC(C)N)c1. The Balaban J connectivity index is 2.53. The fourth-order valence-electron chi connectivity index (χ4n) is 1.81. The normalized spacial score (nSPS) is 11.8. The molecule has 4 N–H and O–H groups in total. The first-order chi connectivity index (χ1) is 9.52. The number of benzene rings is 1. The van der Waals surface area contributed by atoms with E-state index in [1.165, 1.54) is 0 Å². The van der Waals surface area contributed by atoms with Crippen LogP contribution in [-0.4, -0.2) is 24.4 Å². The number of nitrogens with two attached hydrogens (primary N) is 1. The van der Waals surface area contributed by atoms with Gasteiger partial charge in [0.05, 0.1) is 0 Å². The summed E-state index contributed by atoms with van der Waals surface area (Å²) in [5, 5.41) is 5.52. The summed E-state index contributed by atoms with van der Waals surface area (Å²) in [6.45, 7) is 4.36. The van der Waals surface area contributed by atoms with Gasteiger partial charge in [0, 0.05) is 30.3 Å². The minimum atomic E-state index is -0.138. The summed E-state index contributed by atoms with van der Waals surface area (Å²) in [4.78, 5) is 23.4. The molecule has 0 aliphatic heterocycles. The fourth-order valence-corrected chi connectivity index (χ4v) is 1.81. The maximum atomic E-state index is 11.7. The first-order valence-electron chi connectivity index (χ1n) is 6.96. The van der Waals surface area contributed by atoms with Gasteiger partial charge in [0.15, 0.2) is 0 Å². The zero-order valence-electron chi connectivity index (χ0n) is 12.1. The van der Waals surface area contributed by atoms with Crippen LogP contribution in [0.3, 0.4) is 0 Å². The first kappa shape index (κ1) is 16.2. The molecular weight excluding hydrogens is 254 g/mol. The van der Waals surface area contributed by atoms with E-state index in [0.29, 0.717) is 24.2 Å². The van der Waals surface area contributed by atoms with E-state index in [2.05, 4.69) is 10.6 Å². The number of amides is 2. The second kappa shape index (κ2) is 8.32. The highest BCUT2D eigenvalue weighted by Gasteiger charge is 2.07. The molecule has 0 spiro atoms. The van der Waals surface area contributed by atoms with Gasteiger partial charge in [-0.2, -0.15) is 0 Å². The molecule has 1 aromatic rings. The standard InChI is InChI=1S/C15H23N3O2/c1-3-17-15(20)12-7-5-8-13(10-12)18-14(19)9-4-6-11(2)16/h5,7-8,10-11H,3-4,6,9,16H2,1-2H3,(H,17,20)(H,18,19). The summed E-state index contributed by atoms with van der Waals surface area (Å²) in [5.74, 6) is -0.195. The van der Waals surface area contributed by atoms with Crippen LogP contribution in [0.1, 0.15) is 43.5 Å². The van der Waals surface area contributed by atoms with Gasteiger partial charge in [0.1, 0.15) is 0 Å². The molecular formula is C15H23N3O2. The minimum absolute atomic E-state index is 0.0568. The number of nitrogens with one attached hydrogen (secondary N) is 2. The Labute approximate surface area is 119 Å². The van der Waals surface area contributed by atoms with E-state index in [1.807, 2.05) is 13.8 Å². The van der Waals surface area contributed by atoms with Crippen molar-refractivity contribution in [2.45, 2.75) is 39.2 Å². The molecule has 20 heavy (non-hydrogen) atoms. The zero-order chi connectivity index (χ0) is 15.0. The Morgan fingerprint density at radius 1 is 1.35 bits per heavy atom. The maximum Gasteiger partial charge on any atom is 0.251 e. The molecule has 1 rings (SSSR count). The van der Waals surface area contributed by atoms with Crippen LogP contribution in [0.2, 0.25) is 0 Å². The lowest BCUT2D eigenvalue weighted by Gasteiger charge is -2.08. The summed E-state index contributed by atoms with van der Waals surface area (Å²) in [7, 11) is 0. The van der Waals surface area contributed by atoms with Crippen molar-refractivity contribution in [1.82, 2.24) is 5.32 Å². The van der Waals surface area contributed by atoms with E-state index in [4.69, 9.17) is 5.73 Å². The van der Waals surface area contributed by atoms with Crippen molar-refractivity contribution in [2.24, 2.45) is 5.73 Å². The third kappa shape index (κ3) is 5.84. The molecule has 5 heteroatoms. The van der Waals surface area contributed by atoms with Crippen LogP contribution in [-0.2, 0) is 4.79 Å². The van der Waals surface area contributed by atoms with Gasteiger partial charge in [-0.25, -0.2) is 0 Å². The average molecular weight is 277 g/mol. The van der Waals surface area contributed by atoms with Gasteiger partial charge in [-0.15, -0.1) is 0 Å². The first-order valence-corrected chi connectivity index (χ1v) is 6.96. The minimum Gasteiger partial charge on any atom is -0.352 e. The molecule has 110 valence electrons. The molecule has 2 amide bonds. The Bertz CT molecular complexity index is 458. The average Bonchev–Trinajstić information content (AvgIpc) is 2.38. The second-order valence-electron chi connectivity index (χ2n) is 4.86. The lowest BCUT2D eigenvalue weighted by atomic mass is 10.1. The van der Waals surface area contributed by atoms with Crippen LogP contribution >= 0.6 is 0 Å². The van der Waals surface area contributed by atoms with Gasteiger partial charge >= 0.3 is 0 Å². The summed E-state index contributed by atoms with van der Waals surface area (Å²) in [5.41, 5.74) is 6.82. The lowest BCUT2D eigenvalue weighted by molar-refractivity contribution is -0.116.